The van der Waals surface area contributed by atoms with E-state index in [1.807, 2.05) is 45.7 Å². The molecule has 2 aromatic carbocycles. The van der Waals surface area contributed by atoms with Gasteiger partial charge in [-0.25, -0.2) is 4.68 Å². The zero-order valence-electron chi connectivity index (χ0n) is 17.3. The van der Waals surface area contributed by atoms with Gasteiger partial charge < -0.3 is 9.64 Å². The number of piperazine rings is 1. The van der Waals surface area contributed by atoms with Crippen molar-refractivity contribution in [3.8, 4) is 17.1 Å². The normalized spacial score (nSPS) is 14.6. The zero-order chi connectivity index (χ0) is 20.9. The van der Waals surface area contributed by atoms with Crippen LogP contribution in [0.5, 0.6) is 5.75 Å². The Morgan fingerprint density at radius 1 is 1.03 bits per heavy atom. The molecule has 0 amide bonds. The van der Waals surface area contributed by atoms with Crippen LogP contribution in [0.25, 0.3) is 11.4 Å². The van der Waals surface area contributed by atoms with Gasteiger partial charge in [0.15, 0.2) is 10.6 Å². The van der Waals surface area contributed by atoms with Gasteiger partial charge in [-0.05, 0) is 24.4 Å². The molecule has 0 atom stereocenters. The van der Waals surface area contributed by atoms with Crippen LogP contribution < -0.4 is 9.64 Å². The van der Waals surface area contributed by atoms with Crippen LogP contribution in [-0.4, -0.2) is 52.5 Å². The summed E-state index contributed by atoms with van der Waals surface area (Å²) >= 11 is 5.74. The molecule has 1 saturated heterocycles. The molecule has 0 saturated carbocycles. The molecule has 6 nitrogen and oxygen atoms in total. The van der Waals surface area contributed by atoms with Gasteiger partial charge in [0.05, 0.1) is 19.5 Å². The second-order valence-electron chi connectivity index (χ2n) is 7.29. The first-order valence-electron chi connectivity index (χ1n) is 10.2. The first-order valence-corrected chi connectivity index (χ1v) is 10.6. The molecule has 1 aromatic heterocycles. The largest absolute Gasteiger partial charge is 0.495 e. The van der Waals surface area contributed by atoms with E-state index in [9.17, 15) is 0 Å². The first-order chi connectivity index (χ1) is 14.7. The molecule has 0 aliphatic carbocycles. The topological polar surface area (TPSA) is 38.5 Å². The molecular formula is C23H27N5OS. The quantitative estimate of drug-likeness (QED) is 0.425. The fraction of sp³-hybridized carbons (Fsp3) is 0.304. The SMILES string of the molecule is C=CCn1c(-c2ccccc2)nn(CN2CCN(c3ccccc3OC)CC2)c1=S. The van der Waals surface area contributed by atoms with Crippen molar-refractivity contribution in [2.45, 2.75) is 13.2 Å². The van der Waals surface area contributed by atoms with Gasteiger partial charge in [-0.15, -0.1) is 6.58 Å². The summed E-state index contributed by atoms with van der Waals surface area (Å²) in [5.41, 5.74) is 2.21. The first kappa shape index (κ1) is 20.4. The average Bonchev–Trinajstić information content (AvgIpc) is 3.10. The van der Waals surface area contributed by atoms with Crippen LogP contribution in [0.2, 0.25) is 0 Å². The standard InChI is InChI=1S/C23H27N5OS/c1-3-13-27-22(19-9-5-4-6-10-19)24-28(23(27)30)18-25-14-16-26(17-15-25)20-11-7-8-12-21(20)29-2/h3-12H,1,13-18H2,2H3. The van der Waals surface area contributed by atoms with Gasteiger partial charge in [0.1, 0.15) is 5.75 Å². The molecule has 0 unspecified atom stereocenters. The lowest BCUT2D eigenvalue weighted by Gasteiger charge is -2.36. The number of para-hydroxylation sites is 2. The molecule has 7 heteroatoms. The number of rotatable bonds is 7. The molecule has 1 aliphatic rings. The van der Waals surface area contributed by atoms with E-state index in [0.717, 1.165) is 53.8 Å². The van der Waals surface area contributed by atoms with Crippen molar-refractivity contribution in [2.24, 2.45) is 0 Å². The van der Waals surface area contributed by atoms with Crippen molar-refractivity contribution in [1.82, 2.24) is 19.2 Å². The third kappa shape index (κ3) is 4.17. The highest BCUT2D eigenvalue weighted by Gasteiger charge is 2.21. The van der Waals surface area contributed by atoms with Gasteiger partial charge in [-0.2, -0.15) is 5.10 Å². The number of nitrogens with zero attached hydrogens (tertiary/aromatic N) is 5. The Bertz CT molecular complexity index is 1050. The molecule has 1 aliphatic heterocycles. The van der Waals surface area contributed by atoms with Crippen LogP contribution >= 0.6 is 12.2 Å². The van der Waals surface area contributed by atoms with Crippen LogP contribution in [-0.2, 0) is 13.2 Å². The molecule has 4 rings (SSSR count). The maximum atomic E-state index is 5.74. The Kier molecular flexibility index (Phi) is 6.30. The lowest BCUT2D eigenvalue weighted by Crippen LogP contribution is -2.47. The van der Waals surface area contributed by atoms with Gasteiger partial charge in [-0.3, -0.25) is 9.47 Å². The van der Waals surface area contributed by atoms with Crippen LogP contribution in [0.4, 0.5) is 5.69 Å². The molecule has 0 bridgehead atoms. The van der Waals surface area contributed by atoms with E-state index < -0.39 is 0 Å². The number of anilines is 1. The predicted molar refractivity (Wildman–Crippen MR) is 123 cm³/mol. The summed E-state index contributed by atoms with van der Waals surface area (Å²) in [5, 5.41) is 4.85. The number of methoxy groups -OCH3 is 1. The molecule has 0 radical (unpaired) electrons. The summed E-state index contributed by atoms with van der Waals surface area (Å²) in [6, 6.07) is 18.4. The molecule has 0 N–H and O–H groups in total. The molecule has 30 heavy (non-hydrogen) atoms. The number of aromatic nitrogens is 3. The summed E-state index contributed by atoms with van der Waals surface area (Å²) in [5.74, 6) is 1.80. The number of allylic oxidation sites excluding steroid dienone is 1. The fourth-order valence-electron chi connectivity index (χ4n) is 3.84. The Hall–Kier alpha value is -2.90. The van der Waals surface area contributed by atoms with Crippen molar-refractivity contribution < 1.29 is 4.74 Å². The summed E-state index contributed by atoms with van der Waals surface area (Å²) in [7, 11) is 1.72. The minimum atomic E-state index is 0.643. The van der Waals surface area contributed by atoms with Crippen molar-refractivity contribution in [3.05, 3.63) is 72.0 Å². The van der Waals surface area contributed by atoms with Crippen LogP contribution in [0.15, 0.2) is 67.3 Å². The van der Waals surface area contributed by atoms with E-state index in [4.69, 9.17) is 22.1 Å². The van der Waals surface area contributed by atoms with E-state index in [-0.39, 0.29) is 0 Å². The summed E-state index contributed by atoms with van der Waals surface area (Å²) in [6.45, 7) is 8.96. The van der Waals surface area contributed by atoms with Crippen LogP contribution in [0.1, 0.15) is 0 Å². The highest BCUT2D eigenvalue weighted by atomic mass is 32.1. The number of hydrogen-bond donors (Lipinski definition) is 0. The summed E-state index contributed by atoms with van der Waals surface area (Å²) in [4.78, 5) is 4.77. The van der Waals surface area contributed by atoms with E-state index in [2.05, 4.69) is 40.6 Å². The van der Waals surface area contributed by atoms with Gasteiger partial charge in [0.2, 0.25) is 0 Å². The Labute approximate surface area is 182 Å². The monoisotopic (exact) mass is 421 g/mol. The second-order valence-corrected chi connectivity index (χ2v) is 7.65. The van der Waals surface area contributed by atoms with E-state index >= 15 is 0 Å². The molecule has 0 spiro atoms. The fourth-order valence-corrected chi connectivity index (χ4v) is 4.10. The number of benzene rings is 2. The maximum Gasteiger partial charge on any atom is 0.199 e. The molecule has 2 heterocycles. The van der Waals surface area contributed by atoms with Gasteiger partial charge >= 0.3 is 0 Å². The Morgan fingerprint density at radius 2 is 1.73 bits per heavy atom. The van der Waals surface area contributed by atoms with E-state index in [0.29, 0.717) is 13.2 Å². The van der Waals surface area contributed by atoms with Crippen molar-refractivity contribution in [2.75, 3.05) is 38.2 Å². The van der Waals surface area contributed by atoms with Gasteiger partial charge in [-0.1, -0.05) is 48.5 Å². The second kappa shape index (κ2) is 9.28. The third-order valence-electron chi connectivity index (χ3n) is 5.40. The molecule has 3 aromatic rings. The third-order valence-corrected chi connectivity index (χ3v) is 5.83. The highest BCUT2D eigenvalue weighted by molar-refractivity contribution is 7.71. The van der Waals surface area contributed by atoms with Crippen molar-refractivity contribution >= 4 is 17.9 Å². The molecule has 156 valence electrons. The van der Waals surface area contributed by atoms with Crippen LogP contribution in [0.3, 0.4) is 0 Å². The van der Waals surface area contributed by atoms with Gasteiger partial charge in [0.25, 0.3) is 0 Å². The molecule has 1 fully saturated rings. The predicted octanol–water partition coefficient (Wildman–Crippen LogP) is 4.06. The summed E-state index contributed by atoms with van der Waals surface area (Å²) in [6.07, 6.45) is 1.86. The van der Waals surface area contributed by atoms with E-state index in [1.165, 1.54) is 0 Å². The van der Waals surface area contributed by atoms with Gasteiger partial charge in [0, 0.05) is 38.3 Å². The smallest absolute Gasteiger partial charge is 0.199 e. The number of hydrogen-bond acceptors (Lipinski definition) is 5. The minimum absolute atomic E-state index is 0.643. The zero-order valence-corrected chi connectivity index (χ0v) is 18.1. The Morgan fingerprint density at radius 3 is 2.43 bits per heavy atom. The lowest BCUT2D eigenvalue weighted by molar-refractivity contribution is 0.194. The minimum Gasteiger partial charge on any atom is -0.495 e. The van der Waals surface area contributed by atoms with Crippen LogP contribution in [0, 0.1) is 4.77 Å². The van der Waals surface area contributed by atoms with Crippen molar-refractivity contribution in [3.63, 3.8) is 0 Å². The maximum absolute atomic E-state index is 5.74. The average molecular weight is 422 g/mol. The van der Waals surface area contributed by atoms with E-state index in [1.54, 1.807) is 7.11 Å². The summed E-state index contributed by atoms with van der Waals surface area (Å²) < 4.78 is 10.2. The highest BCUT2D eigenvalue weighted by Crippen LogP contribution is 2.28. The number of ether oxygens (including phenoxy) is 1. The van der Waals surface area contributed by atoms with Crippen molar-refractivity contribution in [1.29, 1.82) is 0 Å². The Balaban J connectivity index is 1.49. The molecular weight excluding hydrogens is 394 g/mol. The lowest BCUT2D eigenvalue weighted by atomic mass is 10.2.